The van der Waals surface area contributed by atoms with Gasteiger partial charge in [-0.2, -0.15) is 0 Å². The molecule has 0 saturated heterocycles. The molecule has 0 aliphatic rings. The van der Waals surface area contributed by atoms with E-state index in [4.69, 9.17) is 34.8 Å². The summed E-state index contributed by atoms with van der Waals surface area (Å²) in [6.07, 6.45) is 0.285. The quantitative estimate of drug-likeness (QED) is 0.618. The molecule has 0 atom stereocenters. The van der Waals surface area contributed by atoms with Crippen molar-refractivity contribution in [3.63, 3.8) is 0 Å². The van der Waals surface area contributed by atoms with E-state index in [1.54, 1.807) is 12.1 Å². The third kappa shape index (κ3) is 3.68. The number of halogens is 5. The van der Waals surface area contributed by atoms with Gasteiger partial charge in [0.2, 0.25) is 0 Å². The van der Waals surface area contributed by atoms with E-state index in [-0.39, 0.29) is 18.2 Å². The van der Waals surface area contributed by atoms with Gasteiger partial charge in [0.05, 0.1) is 0 Å². The summed E-state index contributed by atoms with van der Waals surface area (Å²) in [4.78, 5) is 0. The first-order valence-corrected chi connectivity index (χ1v) is 7.77. The monoisotopic (exact) mass is 348 g/mol. The SMILES string of the molecule is Fc1ccc(CC(CCl)(CCl)c2ccc(Cl)cc2)c(F)c1. The Kier molecular flexibility index (Phi) is 5.48. The van der Waals surface area contributed by atoms with Gasteiger partial charge in [-0.25, -0.2) is 8.78 Å². The zero-order chi connectivity index (χ0) is 15.5. The minimum absolute atomic E-state index is 0.217. The van der Waals surface area contributed by atoms with Crippen LogP contribution in [0.2, 0.25) is 5.02 Å². The second-order valence-electron chi connectivity index (χ2n) is 4.97. The van der Waals surface area contributed by atoms with Crippen LogP contribution in [0.4, 0.5) is 8.78 Å². The van der Waals surface area contributed by atoms with Crippen molar-refractivity contribution in [1.29, 1.82) is 0 Å². The Balaban J connectivity index is 2.40. The second-order valence-corrected chi connectivity index (χ2v) is 5.94. The summed E-state index contributed by atoms with van der Waals surface area (Å²) in [7, 11) is 0. The van der Waals surface area contributed by atoms with E-state index in [9.17, 15) is 8.78 Å². The van der Waals surface area contributed by atoms with Crippen LogP contribution in [0.25, 0.3) is 0 Å². The summed E-state index contributed by atoms with van der Waals surface area (Å²) in [5, 5.41) is 0.602. The first-order chi connectivity index (χ1) is 10.0. The molecule has 0 aromatic heterocycles. The third-order valence-electron chi connectivity index (χ3n) is 3.51. The Morgan fingerprint density at radius 1 is 0.905 bits per heavy atom. The average Bonchev–Trinajstić information content (AvgIpc) is 2.48. The Morgan fingerprint density at radius 3 is 2.05 bits per heavy atom. The fourth-order valence-corrected chi connectivity index (χ4v) is 3.13. The van der Waals surface area contributed by atoms with Crippen LogP contribution < -0.4 is 0 Å². The largest absolute Gasteiger partial charge is 0.207 e. The molecule has 2 rings (SSSR count). The Labute approximate surface area is 137 Å². The van der Waals surface area contributed by atoms with Crippen molar-refractivity contribution >= 4 is 34.8 Å². The Hall–Kier alpha value is -0.830. The number of hydrogen-bond donors (Lipinski definition) is 0. The van der Waals surface area contributed by atoms with Gasteiger partial charge in [0.25, 0.3) is 0 Å². The number of benzene rings is 2. The molecule has 112 valence electrons. The van der Waals surface area contributed by atoms with Crippen LogP contribution in [0.3, 0.4) is 0 Å². The van der Waals surface area contributed by atoms with E-state index >= 15 is 0 Å². The van der Waals surface area contributed by atoms with Crippen LogP contribution in [0.15, 0.2) is 42.5 Å². The van der Waals surface area contributed by atoms with Gasteiger partial charge < -0.3 is 0 Å². The molecule has 0 radical (unpaired) electrons. The topological polar surface area (TPSA) is 0 Å². The van der Waals surface area contributed by atoms with Gasteiger partial charge in [-0.1, -0.05) is 29.8 Å². The van der Waals surface area contributed by atoms with E-state index in [2.05, 4.69) is 0 Å². The van der Waals surface area contributed by atoms with E-state index in [0.717, 1.165) is 11.6 Å². The lowest BCUT2D eigenvalue weighted by molar-refractivity contribution is 0.506. The minimum atomic E-state index is -0.633. The zero-order valence-electron chi connectivity index (χ0n) is 11.1. The van der Waals surface area contributed by atoms with Crippen molar-refractivity contribution in [2.24, 2.45) is 0 Å². The van der Waals surface area contributed by atoms with Crippen LogP contribution in [0.5, 0.6) is 0 Å². The summed E-state index contributed by atoms with van der Waals surface area (Å²) >= 11 is 18.1. The first-order valence-electron chi connectivity index (χ1n) is 6.33. The molecule has 0 aliphatic carbocycles. The van der Waals surface area contributed by atoms with Crippen molar-refractivity contribution in [2.75, 3.05) is 11.8 Å². The zero-order valence-corrected chi connectivity index (χ0v) is 13.3. The van der Waals surface area contributed by atoms with Gasteiger partial charge in [-0.3, -0.25) is 0 Å². The highest BCUT2D eigenvalue weighted by molar-refractivity contribution is 6.30. The predicted molar refractivity (Wildman–Crippen MR) is 84.6 cm³/mol. The molecule has 0 nitrogen and oxygen atoms in total. The molecule has 0 amide bonds. The van der Waals surface area contributed by atoms with Crippen LogP contribution in [-0.2, 0) is 11.8 Å². The van der Waals surface area contributed by atoms with Crippen molar-refractivity contribution in [2.45, 2.75) is 11.8 Å². The molecule has 0 aliphatic heterocycles. The molecule has 0 unspecified atom stereocenters. The van der Waals surface area contributed by atoms with Gasteiger partial charge in [0.15, 0.2) is 0 Å². The van der Waals surface area contributed by atoms with Crippen molar-refractivity contribution < 1.29 is 8.78 Å². The highest BCUT2D eigenvalue weighted by Crippen LogP contribution is 2.33. The molecule has 21 heavy (non-hydrogen) atoms. The molecule has 0 saturated carbocycles. The molecule has 0 spiro atoms. The van der Waals surface area contributed by atoms with E-state index in [1.807, 2.05) is 12.1 Å². The number of hydrogen-bond acceptors (Lipinski definition) is 0. The summed E-state index contributed by atoms with van der Waals surface area (Å²) < 4.78 is 26.9. The lowest BCUT2D eigenvalue weighted by Gasteiger charge is -2.30. The van der Waals surface area contributed by atoms with Crippen molar-refractivity contribution in [1.82, 2.24) is 0 Å². The van der Waals surface area contributed by atoms with Crippen molar-refractivity contribution in [3.05, 3.63) is 70.2 Å². The van der Waals surface area contributed by atoms with Crippen LogP contribution in [-0.4, -0.2) is 11.8 Å². The maximum absolute atomic E-state index is 13.9. The Bertz CT molecular complexity index is 607. The molecule has 0 N–H and O–H groups in total. The molecule has 0 heterocycles. The molecular formula is C16H13Cl3F2. The molecule has 5 heteroatoms. The van der Waals surface area contributed by atoms with Gasteiger partial charge in [-0.05, 0) is 35.7 Å². The lowest BCUT2D eigenvalue weighted by Crippen LogP contribution is -2.33. The van der Waals surface area contributed by atoms with Gasteiger partial charge in [-0.15, -0.1) is 23.2 Å². The smallest absolute Gasteiger partial charge is 0.129 e. The fraction of sp³-hybridized carbons (Fsp3) is 0.250. The lowest BCUT2D eigenvalue weighted by atomic mass is 9.78. The van der Waals surface area contributed by atoms with E-state index in [0.29, 0.717) is 10.6 Å². The maximum Gasteiger partial charge on any atom is 0.129 e. The normalized spacial score (nSPS) is 11.7. The van der Waals surface area contributed by atoms with E-state index < -0.39 is 17.0 Å². The van der Waals surface area contributed by atoms with Gasteiger partial charge in [0, 0.05) is 28.3 Å². The summed E-state index contributed by atoms with van der Waals surface area (Å²) in [6.45, 7) is 0. The first kappa shape index (κ1) is 16.5. The molecular weight excluding hydrogens is 337 g/mol. The summed E-state index contributed by atoms with van der Waals surface area (Å²) in [5.41, 5.74) is 0.625. The molecule has 0 bridgehead atoms. The molecule has 2 aromatic carbocycles. The predicted octanol–water partition coefficient (Wildman–Crippen LogP) is 5.58. The highest BCUT2D eigenvalue weighted by Gasteiger charge is 2.32. The standard InChI is InChI=1S/C16H13Cl3F2/c17-9-16(10-18,12-2-4-13(19)5-3-12)8-11-1-6-14(20)7-15(11)21/h1-7H,8-10H2. The maximum atomic E-state index is 13.9. The minimum Gasteiger partial charge on any atom is -0.207 e. The fourth-order valence-electron chi connectivity index (χ4n) is 2.22. The third-order valence-corrected chi connectivity index (χ3v) is 4.79. The van der Waals surface area contributed by atoms with Gasteiger partial charge in [0.1, 0.15) is 11.6 Å². The molecule has 0 fully saturated rings. The van der Waals surface area contributed by atoms with Crippen molar-refractivity contribution in [3.8, 4) is 0 Å². The summed E-state index contributed by atoms with van der Waals surface area (Å²) in [5.74, 6) is -0.766. The second kappa shape index (κ2) is 6.95. The summed E-state index contributed by atoms with van der Waals surface area (Å²) in [6, 6.07) is 10.7. The van der Waals surface area contributed by atoms with Crippen LogP contribution in [0.1, 0.15) is 11.1 Å². The van der Waals surface area contributed by atoms with Gasteiger partial charge >= 0.3 is 0 Å². The van der Waals surface area contributed by atoms with E-state index in [1.165, 1.54) is 12.1 Å². The number of rotatable bonds is 5. The molecule has 2 aromatic rings. The average molecular weight is 350 g/mol. The number of alkyl halides is 2. The Morgan fingerprint density at radius 2 is 1.52 bits per heavy atom. The van der Waals surface area contributed by atoms with Crippen LogP contribution in [0, 0.1) is 11.6 Å². The highest BCUT2D eigenvalue weighted by atomic mass is 35.5. The van der Waals surface area contributed by atoms with Crippen LogP contribution >= 0.6 is 34.8 Å².